The Balaban J connectivity index is 1.61. The van der Waals surface area contributed by atoms with Crippen LogP contribution >= 0.6 is 11.6 Å². The predicted octanol–water partition coefficient (Wildman–Crippen LogP) is 4.83. The van der Waals surface area contributed by atoms with Gasteiger partial charge in [-0.15, -0.1) is 0 Å². The largest absolute Gasteiger partial charge is 0.507 e. The predicted molar refractivity (Wildman–Crippen MR) is 171 cm³/mol. The van der Waals surface area contributed by atoms with Crippen LogP contribution in [0.2, 0.25) is 5.02 Å². The number of rotatable bonds is 8. The number of halogens is 1. The van der Waals surface area contributed by atoms with Gasteiger partial charge in [-0.05, 0) is 24.3 Å². The summed E-state index contributed by atoms with van der Waals surface area (Å²) in [6, 6.07) is 8.71. The number of methoxy groups -OCH3 is 4. The molecule has 3 heterocycles. The van der Waals surface area contributed by atoms with Gasteiger partial charge in [0.15, 0.2) is 17.3 Å². The Morgan fingerprint density at radius 2 is 1.81 bits per heavy atom. The first-order valence-electron chi connectivity index (χ1n) is 15.1. The molecule has 12 nitrogen and oxygen atoms in total. The van der Waals surface area contributed by atoms with Crippen LogP contribution in [0.1, 0.15) is 41.6 Å². The lowest BCUT2D eigenvalue weighted by atomic mass is 9.69. The Kier molecular flexibility index (Phi) is 8.66. The molecule has 1 aliphatic carbocycles. The van der Waals surface area contributed by atoms with Crippen molar-refractivity contribution in [2.45, 2.75) is 31.3 Å². The quantitative estimate of drug-likeness (QED) is 0.329. The van der Waals surface area contributed by atoms with E-state index in [1.54, 1.807) is 26.2 Å². The molecule has 3 aliphatic rings. The van der Waals surface area contributed by atoms with Crippen molar-refractivity contribution >= 4 is 45.9 Å². The molecule has 1 N–H and O–H groups in total. The van der Waals surface area contributed by atoms with Gasteiger partial charge in [0.2, 0.25) is 11.4 Å². The number of aromatic nitrogens is 1. The van der Waals surface area contributed by atoms with E-state index in [0.29, 0.717) is 54.3 Å². The van der Waals surface area contributed by atoms with E-state index in [-0.39, 0.29) is 46.2 Å². The fraction of sp³-hybridized carbons (Fsp3) is 0.412. The van der Waals surface area contributed by atoms with E-state index in [1.807, 2.05) is 17.0 Å². The van der Waals surface area contributed by atoms with Gasteiger partial charge in [0.25, 0.3) is 0 Å². The van der Waals surface area contributed by atoms with Crippen molar-refractivity contribution in [2.75, 3.05) is 59.6 Å². The van der Waals surface area contributed by atoms with E-state index in [4.69, 9.17) is 45.0 Å². The van der Waals surface area contributed by atoms with Crippen LogP contribution in [0, 0.1) is 5.92 Å². The van der Waals surface area contributed by atoms with Crippen LogP contribution in [0.3, 0.4) is 0 Å². The van der Waals surface area contributed by atoms with Crippen molar-refractivity contribution in [3.63, 3.8) is 0 Å². The van der Waals surface area contributed by atoms with Gasteiger partial charge in [-0.1, -0.05) is 18.5 Å². The van der Waals surface area contributed by atoms with Crippen molar-refractivity contribution in [3.8, 4) is 23.0 Å². The Morgan fingerprint density at radius 1 is 1.09 bits per heavy atom. The monoisotopic (exact) mass is 666 g/mol. The number of pyridine rings is 1. The van der Waals surface area contributed by atoms with Gasteiger partial charge < -0.3 is 38.4 Å². The number of ketones is 2. The van der Waals surface area contributed by atoms with Crippen molar-refractivity contribution in [3.05, 3.63) is 57.8 Å². The first kappa shape index (κ1) is 32.4. The topological polar surface area (TPSA) is 143 Å². The summed E-state index contributed by atoms with van der Waals surface area (Å²) in [4.78, 5) is 48.6. The van der Waals surface area contributed by atoms with Crippen molar-refractivity contribution < 1.29 is 47.9 Å². The van der Waals surface area contributed by atoms with Gasteiger partial charge >= 0.3 is 5.97 Å². The van der Waals surface area contributed by atoms with Gasteiger partial charge in [-0.2, -0.15) is 0 Å². The maximum atomic E-state index is 14.4. The molecule has 2 aliphatic heterocycles. The summed E-state index contributed by atoms with van der Waals surface area (Å²) in [7, 11) is 5.59. The summed E-state index contributed by atoms with van der Waals surface area (Å²) in [6.45, 7) is 3.55. The number of aliphatic hydroxyl groups is 1. The number of aliphatic hydroxyl groups excluding tert-OH is 1. The maximum absolute atomic E-state index is 14.4. The highest BCUT2D eigenvalue weighted by Crippen LogP contribution is 2.56. The minimum Gasteiger partial charge on any atom is -0.507 e. The van der Waals surface area contributed by atoms with Gasteiger partial charge in [0, 0.05) is 53.9 Å². The Morgan fingerprint density at radius 3 is 2.47 bits per heavy atom. The zero-order valence-electron chi connectivity index (χ0n) is 26.7. The summed E-state index contributed by atoms with van der Waals surface area (Å²) >= 11 is 6.63. The average Bonchev–Trinajstić information content (AvgIpc) is 3.40. The summed E-state index contributed by atoms with van der Waals surface area (Å²) < 4.78 is 33.4. The van der Waals surface area contributed by atoms with Crippen LogP contribution < -0.4 is 23.8 Å². The number of hydrogen-bond acceptors (Lipinski definition) is 12. The fourth-order valence-corrected chi connectivity index (χ4v) is 6.99. The summed E-state index contributed by atoms with van der Waals surface area (Å²) in [5.74, 6) is -2.81. The number of carbonyl (C=O) groups excluding carboxylic acids is 3. The zero-order valence-corrected chi connectivity index (χ0v) is 27.4. The summed E-state index contributed by atoms with van der Waals surface area (Å²) in [6.07, 6.45) is -0.505. The van der Waals surface area contributed by atoms with Crippen LogP contribution in [0.4, 0.5) is 5.82 Å². The molecule has 1 aromatic heterocycles. The van der Waals surface area contributed by atoms with Crippen molar-refractivity contribution in [2.24, 2.45) is 5.92 Å². The second kappa shape index (κ2) is 12.6. The third-order valence-corrected chi connectivity index (χ3v) is 9.53. The smallest absolute Gasteiger partial charge is 0.306 e. The number of morpholine rings is 1. The van der Waals surface area contributed by atoms with Crippen molar-refractivity contribution in [1.29, 1.82) is 0 Å². The van der Waals surface area contributed by atoms with E-state index >= 15 is 0 Å². The maximum Gasteiger partial charge on any atom is 0.306 e. The number of ether oxygens (including phenoxy) is 6. The van der Waals surface area contributed by atoms with E-state index in [9.17, 15) is 19.5 Å². The number of nitrogens with zero attached hydrogens (tertiary/aromatic N) is 2. The molecule has 3 atom stereocenters. The zero-order chi connectivity index (χ0) is 33.6. The second-order valence-corrected chi connectivity index (χ2v) is 12.0. The molecule has 0 unspecified atom stereocenters. The number of benzene rings is 2. The van der Waals surface area contributed by atoms with Crippen LogP contribution in [-0.4, -0.2) is 88.0 Å². The van der Waals surface area contributed by atoms with Crippen LogP contribution in [-0.2, 0) is 19.1 Å². The highest BCUT2D eigenvalue weighted by Gasteiger charge is 2.61. The standard InChI is InChI=1S/C34H35ClN2O10/c1-17-12-23(38)27(31(40)34(17)32(41)28-24(43-3)16-25(44-4)29(35)30(28)47-34)20(15-26(39)45-5)21-14-18-13-19(42-2)6-7-22(18)36-33(21)37-8-10-46-11-9-37/h6-7,13-14,16-17,20,40H,8-12,15H2,1-5H3/t17-,20+,34+/m1/s1. The number of anilines is 1. The molecule has 0 radical (unpaired) electrons. The second-order valence-electron chi connectivity index (χ2n) is 11.6. The lowest BCUT2D eigenvalue weighted by Gasteiger charge is -2.39. The number of allylic oxidation sites excluding steroid dienone is 1. The van der Waals surface area contributed by atoms with Gasteiger partial charge in [0.1, 0.15) is 33.7 Å². The molecule has 1 fully saturated rings. The lowest BCUT2D eigenvalue weighted by molar-refractivity contribution is -0.140. The molecule has 47 heavy (non-hydrogen) atoms. The molecule has 6 rings (SSSR count). The molecule has 248 valence electrons. The molecule has 0 bridgehead atoms. The number of Topliss-reactive ketones (excluding diaryl/α,β-unsaturated/α-hetero) is 2. The average molecular weight is 667 g/mol. The molecule has 13 heteroatoms. The Hall–Kier alpha value is -4.55. The highest BCUT2D eigenvalue weighted by molar-refractivity contribution is 6.35. The van der Waals surface area contributed by atoms with Crippen molar-refractivity contribution in [1.82, 2.24) is 4.98 Å². The van der Waals surface area contributed by atoms with Crippen LogP contribution in [0.25, 0.3) is 10.9 Å². The lowest BCUT2D eigenvalue weighted by Crippen LogP contribution is -2.53. The SMILES string of the molecule is COC(=O)C[C@H](C1=C(O)[C@@]2(Oc3c(Cl)c(OC)cc(OC)c3C2=O)[C@H](C)CC1=O)c1cc2cc(OC)ccc2nc1N1CCOCC1. The van der Waals surface area contributed by atoms with Crippen LogP contribution in [0.5, 0.6) is 23.0 Å². The summed E-state index contributed by atoms with van der Waals surface area (Å²) in [5, 5.41) is 13.0. The van der Waals surface area contributed by atoms with Gasteiger partial charge in [-0.3, -0.25) is 14.4 Å². The molecular weight excluding hydrogens is 632 g/mol. The highest BCUT2D eigenvalue weighted by atomic mass is 35.5. The third kappa shape index (κ3) is 5.19. The minimum atomic E-state index is -2.03. The third-order valence-electron chi connectivity index (χ3n) is 9.17. The first-order valence-corrected chi connectivity index (χ1v) is 15.5. The number of fused-ring (bicyclic) bond motifs is 2. The number of esters is 1. The summed E-state index contributed by atoms with van der Waals surface area (Å²) in [5.41, 5.74) is -1.02. The number of carbonyl (C=O) groups is 3. The molecule has 3 aromatic rings. The molecule has 1 saturated heterocycles. The Labute approximate surface area is 276 Å². The van der Waals surface area contributed by atoms with Gasteiger partial charge in [0.05, 0.1) is 53.6 Å². The fourth-order valence-electron chi connectivity index (χ4n) is 6.73. The van der Waals surface area contributed by atoms with E-state index in [0.717, 1.165) is 0 Å². The van der Waals surface area contributed by atoms with E-state index < -0.39 is 40.7 Å². The number of hydrogen-bond donors (Lipinski definition) is 1. The normalized spacial score (nSPS) is 21.5. The molecule has 0 amide bonds. The minimum absolute atomic E-state index is 0.0142. The van der Waals surface area contributed by atoms with E-state index in [2.05, 4.69) is 0 Å². The molecule has 0 saturated carbocycles. The molecular formula is C34H35ClN2O10. The molecule has 2 aromatic carbocycles. The first-order chi connectivity index (χ1) is 22.6. The van der Waals surface area contributed by atoms with Crippen LogP contribution in [0.15, 0.2) is 41.7 Å². The Bertz CT molecular complexity index is 1820. The molecule has 1 spiro atoms. The van der Waals surface area contributed by atoms with Gasteiger partial charge in [-0.25, -0.2) is 4.98 Å². The van der Waals surface area contributed by atoms with E-state index in [1.165, 1.54) is 27.4 Å².